The van der Waals surface area contributed by atoms with Crippen molar-refractivity contribution in [1.82, 2.24) is 0 Å². The van der Waals surface area contributed by atoms with Crippen LogP contribution in [0, 0.1) is 0 Å². The molecule has 1 rings (SSSR count). The Labute approximate surface area is 87.4 Å². The molecule has 1 aromatic rings. The summed E-state index contributed by atoms with van der Waals surface area (Å²) in [6.07, 6.45) is 2.84. The predicted molar refractivity (Wildman–Crippen MR) is 54.4 cm³/mol. The Balaban J connectivity index is 2.93. The number of carboxylic acid groups (broad SMARTS) is 1. The van der Waals surface area contributed by atoms with E-state index in [4.69, 9.17) is 5.11 Å². The van der Waals surface area contributed by atoms with Crippen LogP contribution in [0.15, 0.2) is 30.3 Å². The van der Waals surface area contributed by atoms with E-state index in [1.165, 1.54) is 9.69 Å². The van der Waals surface area contributed by atoms with Crippen LogP contribution in [0.1, 0.15) is 5.56 Å². The summed E-state index contributed by atoms with van der Waals surface area (Å²) in [5.41, 5.74) is 1.04. The number of aliphatic carboxylic acids is 1. The van der Waals surface area contributed by atoms with E-state index in [0.717, 1.165) is 5.56 Å². The number of hydrogen-bond acceptors (Lipinski definition) is 1. The van der Waals surface area contributed by atoms with E-state index in [0.29, 0.717) is 0 Å². The normalized spacial score (nSPS) is 10.5. The molecule has 0 radical (unpaired) electrons. The Kier molecular flexibility index (Phi) is 4.01. The zero-order valence-corrected chi connectivity index (χ0v) is 9.56. The van der Waals surface area contributed by atoms with Gasteiger partial charge in [0.1, 0.15) is 0 Å². The molecule has 0 amide bonds. The van der Waals surface area contributed by atoms with Gasteiger partial charge in [-0.15, -0.1) is 0 Å². The summed E-state index contributed by atoms with van der Waals surface area (Å²) in [4.78, 5) is 12.5. The first-order valence-corrected chi connectivity index (χ1v) is 7.27. The summed E-state index contributed by atoms with van der Waals surface area (Å²) in [5.74, 6) is -0.897. The van der Waals surface area contributed by atoms with Crippen molar-refractivity contribution in [2.45, 2.75) is 4.97 Å². The number of carboxylic acids is 1. The first-order chi connectivity index (χ1) is 6.24. The van der Waals surface area contributed by atoms with Gasteiger partial charge in [-0.3, -0.25) is 0 Å². The molecule has 0 unspecified atom stereocenters. The SMILES string of the molecule is C[Te]c1ccccc1/C=C/C(=O)O. The van der Waals surface area contributed by atoms with Gasteiger partial charge >= 0.3 is 87.4 Å². The van der Waals surface area contributed by atoms with E-state index in [1.807, 2.05) is 18.2 Å². The second-order valence-corrected chi connectivity index (χ2v) is 4.83. The molecule has 0 aliphatic heterocycles. The Bertz CT molecular complexity index is 331. The molecule has 0 atom stereocenters. The zero-order valence-electron chi connectivity index (χ0n) is 7.23. The fourth-order valence-electron chi connectivity index (χ4n) is 0.965. The Morgan fingerprint density at radius 3 is 2.77 bits per heavy atom. The summed E-state index contributed by atoms with van der Waals surface area (Å²) in [6, 6.07) is 7.92. The van der Waals surface area contributed by atoms with Crippen molar-refractivity contribution in [2.24, 2.45) is 0 Å². The third-order valence-electron chi connectivity index (χ3n) is 1.54. The van der Waals surface area contributed by atoms with Gasteiger partial charge in [0.15, 0.2) is 0 Å². The summed E-state index contributed by atoms with van der Waals surface area (Å²) in [6.45, 7) is 0. The molecule has 3 heteroatoms. The van der Waals surface area contributed by atoms with Gasteiger partial charge in [-0.25, -0.2) is 0 Å². The molecular formula is C10H10O2Te. The molecule has 0 saturated heterocycles. The van der Waals surface area contributed by atoms with Crippen LogP contribution in [0.3, 0.4) is 0 Å². The van der Waals surface area contributed by atoms with Gasteiger partial charge in [0.05, 0.1) is 0 Å². The Morgan fingerprint density at radius 1 is 1.46 bits per heavy atom. The van der Waals surface area contributed by atoms with Crippen molar-refractivity contribution in [2.75, 3.05) is 0 Å². The minimum absolute atomic E-state index is 0.154. The molecule has 2 nitrogen and oxygen atoms in total. The van der Waals surface area contributed by atoms with Crippen LogP contribution in [-0.2, 0) is 4.79 Å². The molecule has 0 aliphatic rings. The second-order valence-electron chi connectivity index (χ2n) is 2.41. The van der Waals surface area contributed by atoms with Crippen molar-refractivity contribution in [3.8, 4) is 0 Å². The molecule has 0 heterocycles. The molecule has 0 saturated carbocycles. The number of carbonyl (C=O) groups is 1. The topological polar surface area (TPSA) is 37.3 Å². The van der Waals surface area contributed by atoms with Gasteiger partial charge in [-0.1, -0.05) is 0 Å². The van der Waals surface area contributed by atoms with E-state index in [-0.39, 0.29) is 20.9 Å². The van der Waals surface area contributed by atoms with Crippen molar-refractivity contribution < 1.29 is 9.90 Å². The zero-order chi connectivity index (χ0) is 9.68. The van der Waals surface area contributed by atoms with Gasteiger partial charge in [0, 0.05) is 0 Å². The fourth-order valence-corrected chi connectivity index (χ4v) is 2.64. The van der Waals surface area contributed by atoms with Gasteiger partial charge in [-0.05, 0) is 0 Å². The van der Waals surface area contributed by atoms with Crippen LogP contribution in [-0.4, -0.2) is 32.0 Å². The molecule has 0 aromatic heterocycles. The predicted octanol–water partition coefficient (Wildman–Crippen LogP) is 1.16. The van der Waals surface area contributed by atoms with E-state index < -0.39 is 5.97 Å². The number of hydrogen-bond donors (Lipinski definition) is 1. The number of benzene rings is 1. The van der Waals surface area contributed by atoms with Gasteiger partial charge < -0.3 is 0 Å². The third kappa shape index (κ3) is 3.22. The van der Waals surface area contributed by atoms with E-state index >= 15 is 0 Å². The standard InChI is InChI=1S/C10H10O2Te/c1-13-9-5-3-2-4-8(9)6-7-10(11)12/h2-7H,1H3,(H,11,12)/b7-6+. The number of rotatable bonds is 3. The molecule has 1 aromatic carbocycles. The van der Waals surface area contributed by atoms with E-state index in [9.17, 15) is 4.79 Å². The first-order valence-electron chi connectivity index (χ1n) is 3.78. The van der Waals surface area contributed by atoms with Crippen LogP contribution >= 0.6 is 0 Å². The molecule has 0 aliphatic carbocycles. The van der Waals surface area contributed by atoms with Gasteiger partial charge in [0.25, 0.3) is 0 Å². The molecule has 68 valence electrons. The monoisotopic (exact) mass is 292 g/mol. The third-order valence-corrected chi connectivity index (χ3v) is 3.86. The van der Waals surface area contributed by atoms with Crippen LogP contribution in [0.4, 0.5) is 0 Å². The summed E-state index contributed by atoms with van der Waals surface area (Å²) in [7, 11) is 0. The van der Waals surface area contributed by atoms with Crippen molar-refractivity contribution in [3.05, 3.63) is 35.9 Å². The van der Waals surface area contributed by atoms with Crippen molar-refractivity contribution in [3.63, 3.8) is 0 Å². The minimum atomic E-state index is -0.897. The maximum atomic E-state index is 10.3. The molecule has 0 bridgehead atoms. The van der Waals surface area contributed by atoms with Crippen LogP contribution in [0.5, 0.6) is 0 Å². The molecule has 1 N–H and O–H groups in total. The van der Waals surface area contributed by atoms with Crippen LogP contribution in [0.2, 0.25) is 4.97 Å². The maximum absolute atomic E-state index is 10.3. The quantitative estimate of drug-likeness (QED) is 0.670. The average Bonchev–Trinajstić information content (AvgIpc) is 2.15. The molecule has 13 heavy (non-hydrogen) atoms. The van der Waals surface area contributed by atoms with E-state index in [1.54, 1.807) is 6.08 Å². The molecule has 0 fully saturated rings. The van der Waals surface area contributed by atoms with Crippen molar-refractivity contribution >= 4 is 36.6 Å². The summed E-state index contributed by atoms with van der Waals surface area (Å²) in [5, 5.41) is 8.46. The molecular weight excluding hydrogens is 280 g/mol. The first kappa shape index (κ1) is 10.3. The second kappa shape index (κ2) is 5.06. The Morgan fingerprint density at radius 2 is 2.15 bits per heavy atom. The van der Waals surface area contributed by atoms with E-state index in [2.05, 4.69) is 11.0 Å². The van der Waals surface area contributed by atoms with Crippen molar-refractivity contribution in [1.29, 1.82) is 0 Å². The Hall–Kier alpha value is -0.780. The van der Waals surface area contributed by atoms with Crippen LogP contribution in [0.25, 0.3) is 6.08 Å². The fraction of sp³-hybridized carbons (Fsp3) is 0.100. The average molecular weight is 290 g/mol. The summed E-state index contributed by atoms with van der Waals surface area (Å²) < 4.78 is 1.30. The molecule has 0 spiro atoms. The van der Waals surface area contributed by atoms with Gasteiger partial charge in [-0.2, -0.15) is 0 Å². The van der Waals surface area contributed by atoms with Crippen LogP contribution < -0.4 is 3.61 Å². The van der Waals surface area contributed by atoms with Gasteiger partial charge in [0.2, 0.25) is 0 Å². The summed E-state index contributed by atoms with van der Waals surface area (Å²) >= 11 is -0.154.